The molecule has 0 bridgehead atoms. The molecule has 0 aliphatic rings. The van der Waals surface area contributed by atoms with Crippen LogP contribution in [0.5, 0.6) is 0 Å². The van der Waals surface area contributed by atoms with E-state index in [1.54, 1.807) is 0 Å². The average molecular weight is 216 g/mol. The van der Waals surface area contributed by atoms with E-state index in [1.807, 2.05) is 49.5 Å². The molecule has 0 amide bonds. The second-order valence-electron chi connectivity index (χ2n) is 3.83. The predicted octanol–water partition coefficient (Wildman–Crippen LogP) is 1.43. The maximum absolute atomic E-state index is 4.20. The third-order valence-corrected chi connectivity index (χ3v) is 2.83. The molecule has 0 aliphatic heterocycles. The zero-order valence-electron chi connectivity index (χ0n) is 9.81. The summed E-state index contributed by atoms with van der Waals surface area (Å²) in [6.07, 6.45) is 5.53. The Morgan fingerprint density at radius 2 is 2.12 bits per heavy atom. The second-order valence-corrected chi connectivity index (χ2v) is 3.83. The van der Waals surface area contributed by atoms with E-state index in [9.17, 15) is 0 Å². The van der Waals surface area contributed by atoms with Gasteiger partial charge in [-0.2, -0.15) is 5.10 Å². The van der Waals surface area contributed by atoms with Crippen LogP contribution in [0.3, 0.4) is 0 Å². The fourth-order valence-electron chi connectivity index (χ4n) is 1.91. The van der Waals surface area contributed by atoms with E-state index in [2.05, 4.69) is 22.3 Å². The van der Waals surface area contributed by atoms with E-state index in [-0.39, 0.29) is 6.04 Å². The number of hydrogen-bond acceptors (Lipinski definition) is 3. The van der Waals surface area contributed by atoms with Gasteiger partial charge in [0, 0.05) is 25.6 Å². The van der Waals surface area contributed by atoms with Gasteiger partial charge in [-0.25, -0.2) is 0 Å². The quantitative estimate of drug-likeness (QED) is 0.844. The molecule has 84 valence electrons. The van der Waals surface area contributed by atoms with Crippen LogP contribution in [0.1, 0.15) is 22.9 Å². The maximum atomic E-state index is 4.20. The Bertz CT molecular complexity index is 475. The average Bonchev–Trinajstić information content (AvgIpc) is 2.69. The van der Waals surface area contributed by atoms with Crippen LogP contribution < -0.4 is 5.32 Å². The molecule has 2 aromatic rings. The number of nitrogens with zero attached hydrogens (tertiary/aromatic N) is 3. The number of rotatable bonds is 3. The van der Waals surface area contributed by atoms with Crippen molar-refractivity contribution in [2.75, 3.05) is 7.05 Å². The van der Waals surface area contributed by atoms with Crippen molar-refractivity contribution in [3.05, 3.63) is 47.5 Å². The third kappa shape index (κ3) is 1.84. The number of aryl methyl sites for hydroxylation is 2. The lowest BCUT2D eigenvalue weighted by Crippen LogP contribution is -2.21. The summed E-state index contributed by atoms with van der Waals surface area (Å²) < 4.78 is 1.88. The van der Waals surface area contributed by atoms with Crippen LogP contribution in [0.15, 0.2) is 30.7 Å². The summed E-state index contributed by atoms with van der Waals surface area (Å²) in [6.45, 7) is 2.09. The summed E-state index contributed by atoms with van der Waals surface area (Å²) in [7, 11) is 3.90. The van der Waals surface area contributed by atoms with E-state index < -0.39 is 0 Å². The highest BCUT2D eigenvalue weighted by Crippen LogP contribution is 2.22. The van der Waals surface area contributed by atoms with E-state index in [4.69, 9.17) is 0 Å². The molecule has 0 saturated heterocycles. The summed E-state index contributed by atoms with van der Waals surface area (Å²) in [5.41, 5.74) is 3.56. The first-order chi connectivity index (χ1) is 7.74. The van der Waals surface area contributed by atoms with Gasteiger partial charge in [0.2, 0.25) is 0 Å². The molecular formula is C12H16N4. The molecule has 1 atom stereocenters. The van der Waals surface area contributed by atoms with Gasteiger partial charge in [-0.15, -0.1) is 0 Å². The lowest BCUT2D eigenvalue weighted by molar-refractivity contribution is 0.602. The van der Waals surface area contributed by atoms with Crippen molar-refractivity contribution in [3.8, 4) is 0 Å². The van der Waals surface area contributed by atoms with Crippen molar-refractivity contribution in [2.45, 2.75) is 13.0 Å². The SMILES string of the molecule is CNC(c1cnccc1C)c1ccnn1C. The summed E-state index contributed by atoms with van der Waals surface area (Å²) in [4.78, 5) is 4.18. The Balaban J connectivity index is 2.45. The van der Waals surface area contributed by atoms with Crippen LogP contribution in [0.4, 0.5) is 0 Å². The molecule has 2 aromatic heterocycles. The smallest absolute Gasteiger partial charge is 0.0763 e. The maximum Gasteiger partial charge on any atom is 0.0763 e. The molecule has 0 radical (unpaired) electrons. The standard InChI is InChI=1S/C12H16N4/c1-9-4-6-14-8-10(9)12(13-2)11-5-7-15-16(11)3/h4-8,12-13H,1-3H3. The Kier molecular flexibility index (Phi) is 3.01. The lowest BCUT2D eigenvalue weighted by atomic mass is 10.0. The van der Waals surface area contributed by atoms with E-state index in [1.165, 1.54) is 11.1 Å². The van der Waals surface area contributed by atoms with Crippen molar-refractivity contribution in [2.24, 2.45) is 7.05 Å². The first-order valence-corrected chi connectivity index (χ1v) is 5.29. The van der Waals surface area contributed by atoms with Crippen LogP contribution in [0.25, 0.3) is 0 Å². The number of pyridine rings is 1. The minimum Gasteiger partial charge on any atom is -0.308 e. The molecule has 0 fully saturated rings. The first kappa shape index (κ1) is 10.8. The van der Waals surface area contributed by atoms with Gasteiger partial charge in [0.05, 0.1) is 11.7 Å². The molecule has 4 heteroatoms. The molecular weight excluding hydrogens is 200 g/mol. The zero-order chi connectivity index (χ0) is 11.5. The summed E-state index contributed by atoms with van der Waals surface area (Å²) in [5, 5.41) is 7.50. The molecule has 0 aromatic carbocycles. The van der Waals surface area contributed by atoms with Crippen molar-refractivity contribution < 1.29 is 0 Å². The van der Waals surface area contributed by atoms with Crippen LogP contribution in [0, 0.1) is 6.92 Å². The molecule has 0 saturated carbocycles. The first-order valence-electron chi connectivity index (χ1n) is 5.29. The normalized spacial score (nSPS) is 12.7. The molecule has 16 heavy (non-hydrogen) atoms. The fraction of sp³-hybridized carbons (Fsp3) is 0.333. The Morgan fingerprint density at radius 3 is 2.69 bits per heavy atom. The van der Waals surface area contributed by atoms with Crippen LogP contribution >= 0.6 is 0 Å². The van der Waals surface area contributed by atoms with Gasteiger partial charge in [0.1, 0.15) is 0 Å². The monoisotopic (exact) mass is 216 g/mol. The van der Waals surface area contributed by atoms with Crippen molar-refractivity contribution in [1.82, 2.24) is 20.1 Å². The highest BCUT2D eigenvalue weighted by Gasteiger charge is 2.16. The number of nitrogens with one attached hydrogen (secondary N) is 1. The number of aromatic nitrogens is 3. The minimum atomic E-state index is 0.140. The Hall–Kier alpha value is -1.68. The molecule has 0 aliphatic carbocycles. The summed E-state index contributed by atoms with van der Waals surface area (Å²) in [5.74, 6) is 0. The summed E-state index contributed by atoms with van der Waals surface area (Å²) >= 11 is 0. The van der Waals surface area contributed by atoms with Gasteiger partial charge < -0.3 is 5.32 Å². The molecule has 1 N–H and O–H groups in total. The van der Waals surface area contributed by atoms with Gasteiger partial charge >= 0.3 is 0 Å². The van der Waals surface area contributed by atoms with Crippen LogP contribution in [0.2, 0.25) is 0 Å². The molecule has 1 unspecified atom stereocenters. The predicted molar refractivity (Wildman–Crippen MR) is 63.1 cm³/mol. The topological polar surface area (TPSA) is 42.7 Å². The van der Waals surface area contributed by atoms with Gasteiger partial charge in [-0.1, -0.05) is 0 Å². The van der Waals surface area contributed by atoms with Gasteiger partial charge in [-0.3, -0.25) is 9.67 Å². The molecule has 4 nitrogen and oxygen atoms in total. The Labute approximate surface area is 95.3 Å². The highest BCUT2D eigenvalue weighted by atomic mass is 15.3. The minimum absolute atomic E-state index is 0.140. The molecule has 2 rings (SSSR count). The lowest BCUT2D eigenvalue weighted by Gasteiger charge is -2.18. The highest BCUT2D eigenvalue weighted by molar-refractivity contribution is 5.31. The van der Waals surface area contributed by atoms with E-state index in [0.717, 1.165) is 5.69 Å². The fourth-order valence-corrected chi connectivity index (χ4v) is 1.91. The summed E-state index contributed by atoms with van der Waals surface area (Å²) in [6, 6.07) is 4.19. The largest absolute Gasteiger partial charge is 0.308 e. The van der Waals surface area contributed by atoms with Crippen LogP contribution in [-0.4, -0.2) is 21.8 Å². The van der Waals surface area contributed by atoms with Gasteiger partial charge in [0.15, 0.2) is 0 Å². The molecule has 0 spiro atoms. The number of hydrogen-bond donors (Lipinski definition) is 1. The van der Waals surface area contributed by atoms with E-state index >= 15 is 0 Å². The zero-order valence-corrected chi connectivity index (χ0v) is 9.81. The Morgan fingerprint density at radius 1 is 1.31 bits per heavy atom. The molecule has 2 heterocycles. The van der Waals surface area contributed by atoms with Gasteiger partial charge in [0.25, 0.3) is 0 Å². The van der Waals surface area contributed by atoms with Crippen molar-refractivity contribution in [3.63, 3.8) is 0 Å². The van der Waals surface area contributed by atoms with Crippen molar-refractivity contribution in [1.29, 1.82) is 0 Å². The van der Waals surface area contributed by atoms with Gasteiger partial charge in [-0.05, 0) is 37.2 Å². The third-order valence-electron chi connectivity index (χ3n) is 2.83. The van der Waals surface area contributed by atoms with E-state index in [0.29, 0.717) is 0 Å². The van der Waals surface area contributed by atoms with Crippen LogP contribution in [-0.2, 0) is 7.05 Å². The second kappa shape index (κ2) is 4.45. The van der Waals surface area contributed by atoms with Crippen molar-refractivity contribution >= 4 is 0 Å².